The normalized spacial score (nSPS) is 53.0. The van der Waals surface area contributed by atoms with E-state index in [1.807, 2.05) is 0 Å². The Morgan fingerprint density at radius 2 is 1.24 bits per heavy atom. The molecule has 4 saturated heterocycles. The van der Waals surface area contributed by atoms with Gasteiger partial charge in [-0.05, 0) is 109 Å². The van der Waals surface area contributed by atoms with Crippen molar-refractivity contribution < 1.29 is 109 Å². The first kappa shape index (κ1) is 56.7. The molecule has 12 N–H and O–H groups in total. The molecule has 0 bridgehead atoms. The third kappa shape index (κ3) is 9.42. The number of allylic oxidation sites excluding steroid dienone is 2. The summed E-state index contributed by atoms with van der Waals surface area (Å²) in [4.78, 5) is 27.2. The molecule has 0 radical (unpaired) electrons. The van der Waals surface area contributed by atoms with Crippen molar-refractivity contribution in [2.45, 2.75) is 223 Å². The molecule has 74 heavy (non-hydrogen) atoms. The lowest BCUT2D eigenvalue weighted by molar-refractivity contribution is -0.382. The zero-order chi connectivity index (χ0) is 53.9. The second-order valence-corrected chi connectivity index (χ2v) is 25.4. The van der Waals surface area contributed by atoms with Gasteiger partial charge >= 0.3 is 11.9 Å². The van der Waals surface area contributed by atoms with Crippen molar-refractivity contribution in [1.82, 2.24) is 0 Å². The number of aliphatic hydroxyl groups excluding tert-OH is 11. The van der Waals surface area contributed by atoms with E-state index in [0.717, 1.165) is 38.5 Å². The van der Waals surface area contributed by atoms with Gasteiger partial charge in [-0.25, -0.2) is 4.79 Å². The van der Waals surface area contributed by atoms with Crippen LogP contribution in [0.1, 0.15) is 106 Å². The van der Waals surface area contributed by atoms with Crippen LogP contribution in [0.2, 0.25) is 0 Å². The zero-order valence-corrected chi connectivity index (χ0v) is 43.4. The largest absolute Gasteiger partial charge is 0.479 e. The Kier molecular flexibility index (Phi) is 15.7. The van der Waals surface area contributed by atoms with E-state index >= 15 is 0 Å². The number of fused-ring (bicyclic) bond motifs is 7. The Bertz CT molecular complexity index is 2070. The standard InChI is InChI=1S/C52H82O22/c1-48(2)16-22-21(23(17-48)43(66)74-46-37(62)34(59)33(58)27(18-53)69-46)10-14-51(6)24(22)8-9-29-50(5)13-12-30(49(3,4)28(50)11-15-52(29,51)7)70-47-40(72-45-36(61)32(57)26(55)20-68-45)38(63)39(41(73-47)42(64)65)71-44-35(60)31(56)25(54)19-67-44/h8,21-23,25-41,44-47,53-63H,9-20H2,1-7H3,(H,64,65)/t21-,22+,23+,25+,26+,27+,28-,29+,30-,31-,32-,33+,34-,35+,36+,37+,38-,39-,40+,41-,44-,45-,46-,47+,50-,51+,52+/m0/s1. The number of carboxylic acids is 1. The first-order chi connectivity index (χ1) is 34.6. The monoisotopic (exact) mass is 1060 g/mol. The number of aliphatic carboxylic acids is 1. The van der Waals surface area contributed by atoms with Gasteiger partial charge in [0.05, 0.1) is 31.8 Å². The average molecular weight is 1060 g/mol. The first-order valence-corrected chi connectivity index (χ1v) is 26.7. The summed E-state index contributed by atoms with van der Waals surface area (Å²) < 4.78 is 47.3. The molecule has 0 unspecified atom stereocenters. The molecule has 0 aromatic carbocycles. The molecule has 22 heteroatoms. The summed E-state index contributed by atoms with van der Waals surface area (Å²) >= 11 is 0. The summed E-state index contributed by atoms with van der Waals surface area (Å²) in [5, 5.41) is 127. The van der Waals surface area contributed by atoms with E-state index in [-0.39, 0.29) is 45.3 Å². The van der Waals surface area contributed by atoms with Crippen molar-refractivity contribution >= 4 is 11.9 Å². The minimum Gasteiger partial charge on any atom is -0.479 e. The molecule has 22 nitrogen and oxygen atoms in total. The quantitative estimate of drug-likeness (QED) is 0.0723. The number of hydrogen-bond donors (Lipinski definition) is 12. The number of esters is 1. The van der Waals surface area contributed by atoms with Gasteiger partial charge in [0.15, 0.2) is 25.0 Å². The van der Waals surface area contributed by atoms with Crippen LogP contribution in [0.4, 0.5) is 0 Å². The van der Waals surface area contributed by atoms with Gasteiger partial charge < -0.3 is 99.2 Å². The molecular weight excluding hydrogens is 977 g/mol. The summed E-state index contributed by atoms with van der Waals surface area (Å²) in [6.07, 6.45) is -21.6. The fourth-order valence-corrected chi connectivity index (χ4v) is 16.1. The van der Waals surface area contributed by atoms with Crippen LogP contribution in [0.3, 0.4) is 0 Å². The molecule has 0 aromatic heterocycles. The molecular formula is C52H82O22. The molecule has 5 aliphatic carbocycles. The van der Waals surface area contributed by atoms with Gasteiger partial charge in [-0.1, -0.05) is 60.1 Å². The maximum absolute atomic E-state index is 14.2. The Balaban J connectivity index is 0.951. The second-order valence-electron chi connectivity index (χ2n) is 25.4. The van der Waals surface area contributed by atoms with Gasteiger partial charge in [-0.15, -0.1) is 0 Å². The molecule has 4 saturated carbocycles. The van der Waals surface area contributed by atoms with E-state index in [1.54, 1.807) is 0 Å². The fraction of sp³-hybridized carbons (Fsp3) is 0.923. The number of hydrogen-bond acceptors (Lipinski definition) is 21. The van der Waals surface area contributed by atoms with Crippen molar-refractivity contribution in [3.8, 4) is 0 Å². The number of ether oxygens (including phenoxy) is 8. The molecule has 0 amide bonds. The van der Waals surface area contributed by atoms with Crippen LogP contribution in [-0.4, -0.2) is 210 Å². The predicted molar refractivity (Wildman–Crippen MR) is 251 cm³/mol. The molecule has 8 fully saturated rings. The lowest BCUT2D eigenvalue weighted by Gasteiger charge is -2.71. The number of carboxylic acid groups (broad SMARTS) is 1. The SMILES string of the molecule is CC1(C)C[C@@H](C(=O)O[C@@H]2O[C@H](CO)[C@@H](O)[C@H](O)[C@H]2O)[C@H]2CC[C@]3(C)C(=CC[C@@H]4[C@@]5(C)CC[C@H](O[C@@H]6O[C@H](C(=O)O)[C@@H](O[C@@H]7OC[C@@H](O)[C@H](O)[C@H]7O)[C@H](O)[C@H]6O[C@@H]6OC[C@@H](O)[C@H](O)[C@H]6O)C(C)(C)[C@@H]5CC[C@]43C)[C@@H]2C1. The second kappa shape index (κ2) is 20.6. The molecule has 4 aliphatic heterocycles. The van der Waals surface area contributed by atoms with Gasteiger partial charge in [0, 0.05) is 0 Å². The minimum atomic E-state index is -1.95. The van der Waals surface area contributed by atoms with E-state index in [2.05, 4.69) is 54.5 Å². The van der Waals surface area contributed by atoms with Gasteiger partial charge in [0.25, 0.3) is 0 Å². The van der Waals surface area contributed by atoms with Crippen LogP contribution in [0, 0.1) is 56.7 Å². The summed E-state index contributed by atoms with van der Waals surface area (Å²) in [5.41, 5.74) is -0.0878. The van der Waals surface area contributed by atoms with Gasteiger partial charge in [0.2, 0.25) is 6.29 Å². The minimum absolute atomic E-state index is 0.0482. The fourth-order valence-electron chi connectivity index (χ4n) is 16.1. The van der Waals surface area contributed by atoms with Crippen molar-refractivity contribution in [2.24, 2.45) is 56.7 Å². The van der Waals surface area contributed by atoms with Crippen molar-refractivity contribution in [2.75, 3.05) is 19.8 Å². The molecule has 9 aliphatic rings. The van der Waals surface area contributed by atoms with E-state index in [4.69, 9.17) is 37.9 Å². The van der Waals surface area contributed by atoms with Crippen molar-refractivity contribution in [1.29, 1.82) is 0 Å². The van der Waals surface area contributed by atoms with Crippen LogP contribution in [-0.2, 0) is 47.5 Å². The summed E-state index contributed by atoms with van der Waals surface area (Å²) in [5.74, 6) is -2.32. The maximum Gasteiger partial charge on any atom is 0.335 e. The maximum atomic E-state index is 14.2. The van der Waals surface area contributed by atoms with E-state index in [0.29, 0.717) is 19.3 Å². The number of carbonyl (C=O) groups excluding carboxylic acids is 1. The van der Waals surface area contributed by atoms with Crippen LogP contribution in [0.5, 0.6) is 0 Å². The molecule has 0 aromatic rings. The molecule has 0 spiro atoms. The third-order valence-corrected chi connectivity index (χ3v) is 20.4. The lowest BCUT2D eigenvalue weighted by Crippen LogP contribution is -2.67. The topological polar surface area (TPSA) is 351 Å². The average Bonchev–Trinajstić information content (AvgIpc) is 3.33. The predicted octanol–water partition coefficient (Wildman–Crippen LogP) is -0.809. The van der Waals surface area contributed by atoms with Gasteiger partial charge in [0.1, 0.15) is 79.4 Å². The van der Waals surface area contributed by atoms with E-state index in [1.165, 1.54) is 5.57 Å². The highest BCUT2D eigenvalue weighted by molar-refractivity contribution is 5.74. The van der Waals surface area contributed by atoms with E-state index in [9.17, 15) is 70.9 Å². The van der Waals surface area contributed by atoms with Crippen molar-refractivity contribution in [3.05, 3.63) is 11.6 Å². The molecule has 422 valence electrons. The number of rotatable bonds is 10. The highest BCUT2D eigenvalue weighted by Crippen LogP contribution is 2.75. The molecule has 4 heterocycles. The first-order valence-electron chi connectivity index (χ1n) is 26.7. The third-order valence-electron chi connectivity index (χ3n) is 20.4. The van der Waals surface area contributed by atoms with Crippen LogP contribution >= 0.6 is 0 Å². The summed E-state index contributed by atoms with van der Waals surface area (Å²) in [6.45, 7) is 14.2. The molecule has 27 atom stereocenters. The van der Waals surface area contributed by atoms with Crippen molar-refractivity contribution in [3.63, 3.8) is 0 Å². The van der Waals surface area contributed by atoms with Crippen LogP contribution < -0.4 is 0 Å². The summed E-state index contributed by atoms with van der Waals surface area (Å²) in [7, 11) is 0. The Morgan fingerprint density at radius 1 is 0.635 bits per heavy atom. The Labute approximate surface area is 430 Å². The molecule has 9 rings (SSSR count). The van der Waals surface area contributed by atoms with Crippen LogP contribution in [0.15, 0.2) is 11.6 Å². The zero-order valence-electron chi connectivity index (χ0n) is 43.4. The Hall–Kier alpha value is -2.04. The number of aliphatic hydroxyl groups is 11. The Morgan fingerprint density at radius 3 is 1.85 bits per heavy atom. The summed E-state index contributed by atoms with van der Waals surface area (Å²) in [6, 6.07) is 0. The highest BCUT2D eigenvalue weighted by atomic mass is 16.8. The van der Waals surface area contributed by atoms with Gasteiger partial charge in [-0.2, -0.15) is 0 Å². The highest BCUT2D eigenvalue weighted by Gasteiger charge is 2.68. The van der Waals surface area contributed by atoms with Crippen LogP contribution in [0.25, 0.3) is 0 Å². The smallest absolute Gasteiger partial charge is 0.335 e. The lowest BCUT2D eigenvalue weighted by atomic mass is 9.34. The number of carbonyl (C=O) groups is 2. The van der Waals surface area contributed by atoms with Gasteiger partial charge in [-0.3, -0.25) is 4.79 Å². The van der Waals surface area contributed by atoms with E-state index < -0.39 is 160 Å².